The van der Waals surface area contributed by atoms with E-state index < -0.39 is 0 Å². The molecule has 0 unspecified atom stereocenters. The molecule has 0 saturated carbocycles. The van der Waals surface area contributed by atoms with Crippen molar-refractivity contribution in [2.45, 2.75) is 58.0 Å². The summed E-state index contributed by atoms with van der Waals surface area (Å²) in [6.45, 7) is 9.14. The van der Waals surface area contributed by atoms with Gasteiger partial charge in [-0.15, -0.1) is 0 Å². The van der Waals surface area contributed by atoms with Crippen molar-refractivity contribution in [3.8, 4) is 0 Å². The van der Waals surface area contributed by atoms with Crippen molar-refractivity contribution in [2.24, 2.45) is 0 Å². The average Bonchev–Trinajstić information content (AvgIpc) is 1.56. The van der Waals surface area contributed by atoms with E-state index in [1.54, 1.807) is 0 Å². The Labute approximate surface area is 92.6 Å². The minimum absolute atomic E-state index is 0. The van der Waals surface area contributed by atoms with Gasteiger partial charge in [-0.2, -0.15) is 0 Å². The van der Waals surface area contributed by atoms with Gasteiger partial charge in [-0.05, 0) is 47.0 Å². The minimum Gasteiger partial charge on any atom is -0.307 e. The van der Waals surface area contributed by atoms with E-state index in [1.165, 1.54) is 19.3 Å². The van der Waals surface area contributed by atoms with Crippen LogP contribution in [0.5, 0.6) is 0 Å². The predicted octanol–water partition coefficient (Wildman–Crippen LogP) is 1.94. The first-order valence-electron chi connectivity index (χ1n) is 4.21. The molecular formula is C9H19NNa. The number of nitrogens with one attached hydrogen (secondary N) is 1. The second kappa shape index (κ2) is 3.78. The molecule has 0 bridgehead atoms. The second-order valence-corrected chi connectivity index (χ2v) is 4.75. The molecule has 1 nitrogen and oxygen atoms in total. The maximum Gasteiger partial charge on any atom is 0.0130 e. The molecule has 0 aliphatic carbocycles. The molecule has 0 spiro atoms. The van der Waals surface area contributed by atoms with E-state index in [-0.39, 0.29) is 29.6 Å². The van der Waals surface area contributed by atoms with Crippen molar-refractivity contribution in [1.29, 1.82) is 0 Å². The van der Waals surface area contributed by atoms with Crippen molar-refractivity contribution in [3.05, 3.63) is 0 Å². The molecule has 0 aromatic rings. The molecule has 1 aliphatic heterocycles. The topological polar surface area (TPSA) is 12.0 Å². The Kier molecular flexibility index (Phi) is 4.11. The Morgan fingerprint density at radius 1 is 0.909 bits per heavy atom. The van der Waals surface area contributed by atoms with Gasteiger partial charge in [0.25, 0.3) is 0 Å². The SMILES string of the molecule is CC1(C)CCCC(C)(C)N1.[Na]. The Morgan fingerprint density at radius 3 is 1.45 bits per heavy atom. The van der Waals surface area contributed by atoms with Crippen molar-refractivity contribution in [2.75, 3.05) is 0 Å². The molecular weight excluding hydrogens is 145 g/mol. The molecule has 0 amide bonds. The largest absolute Gasteiger partial charge is 0.307 e. The first kappa shape index (κ1) is 12.0. The van der Waals surface area contributed by atoms with Gasteiger partial charge in [0.05, 0.1) is 0 Å². The van der Waals surface area contributed by atoms with Gasteiger partial charge in [-0.1, -0.05) is 0 Å². The van der Waals surface area contributed by atoms with E-state index in [9.17, 15) is 0 Å². The number of hydrogen-bond acceptors (Lipinski definition) is 1. The summed E-state index contributed by atoms with van der Waals surface area (Å²) in [6.07, 6.45) is 4.00. The molecule has 61 valence electrons. The second-order valence-electron chi connectivity index (χ2n) is 4.75. The van der Waals surface area contributed by atoms with Crippen LogP contribution >= 0.6 is 0 Å². The molecule has 1 heterocycles. The smallest absolute Gasteiger partial charge is 0.0130 e. The quantitative estimate of drug-likeness (QED) is 0.539. The van der Waals surface area contributed by atoms with Crippen LogP contribution in [0.2, 0.25) is 0 Å². The van der Waals surface area contributed by atoms with Crippen LogP contribution in [-0.4, -0.2) is 40.6 Å². The normalized spacial score (nSPS) is 27.3. The van der Waals surface area contributed by atoms with Crippen LogP contribution in [0.15, 0.2) is 0 Å². The third-order valence-electron chi connectivity index (χ3n) is 2.28. The van der Waals surface area contributed by atoms with Crippen molar-refractivity contribution in [1.82, 2.24) is 5.32 Å². The molecule has 1 N–H and O–H groups in total. The van der Waals surface area contributed by atoms with E-state index in [4.69, 9.17) is 0 Å². The van der Waals surface area contributed by atoms with E-state index in [2.05, 4.69) is 33.0 Å². The summed E-state index contributed by atoms with van der Waals surface area (Å²) in [6, 6.07) is 0. The summed E-state index contributed by atoms with van der Waals surface area (Å²) in [5.41, 5.74) is 0.726. The fourth-order valence-electron chi connectivity index (χ4n) is 2.01. The van der Waals surface area contributed by atoms with Gasteiger partial charge in [0, 0.05) is 40.6 Å². The fraction of sp³-hybridized carbons (Fsp3) is 1.00. The summed E-state index contributed by atoms with van der Waals surface area (Å²) in [5, 5.41) is 3.63. The zero-order chi connectivity index (χ0) is 7.83. The molecule has 1 saturated heterocycles. The minimum atomic E-state index is 0. The van der Waals surface area contributed by atoms with Crippen LogP contribution in [0, 0.1) is 0 Å². The number of hydrogen-bond donors (Lipinski definition) is 1. The first-order chi connectivity index (χ1) is 4.41. The Morgan fingerprint density at radius 2 is 1.27 bits per heavy atom. The Hall–Kier alpha value is 0.960. The molecule has 1 fully saturated rings. The molecule has 1 rings (SSSR count). The van der Waals surface area contributed by atoms with E-state index in [0.29, 0.717) is 11.1 Å². The van der Waals surface area contributed by atoms with E-state index >= 15 is 0 Å². The van der Waals surface area contributed by atoms with Crippen LogP contribution in [-0.2, 0) is 0 Å². The van der Waals surface area contributed by atoms with Crippen LogP contribution in [0.1, 0.15) is 47.0 Å². The zero-order valence-electron chi connectivity index (χ0n) is 8.62. The van der Waals surface area contributed by atoms with Gasteiger partial charge < -0.3 is 5.32 Å². The first-order valence-corrected chi connectivity index (χ1v) is 4.21. The van der Waals surface area contributed by atoms with Gasteiger partial charge in [-0.25, -0.2) is 0 Å². The molecule has 0 aromatic carbocycles. The monoisotopic (exact) mass is 164 g/mol. The van der Waals surface area contributed by atoms with Crippen LogP contribution in [0.25, 0.3) is 0 Å². The van der Waals surface area contributed by atoms with E-state index in [0.717, 1.165) is 0 Å². The fourth-order valence-corrected chi connectivity index (χ4v) is 2.01. The molecule has 0 atom stereocenters. The summed E-state index contributed by atoms with van der Waals surface area (Å²) < 4.78 is 0. The number of rotatable bonds is 0. The summed E-state index contributed by atoms with van der Waals surface area (Å²) in [4.78, 5) is 0. The zero-order valence-corrected chi connectivity index (χ0v) is 10.6. The van der Waals surface area contributed by atoms with Crippen molar-refractivity contribution >= 4 is 29.6 Å². The third-order valence-corrected chi connectivity index (χ3v) is 2.28. The van der Waals surface area contributed by atoms with Crippen LogP contribution in [0.4, 0.5) is 0 Å². The maximum absolute atomic E-state index is 3.63. The van der Waals surface area contributed by atoms with Crippen molar-refractivity contribution < 1.29 is 0 Å². The molecule has 2 heteroatoms. The van der Waals surface area contributed by atoms with E-state index in [1.807, 2.05) is 0 Å². The van der Waals surface area contributed by atoms with Gasteiger partial charge in [0.2, 0.25) is 0 Å². The molecule has 1 radical (unpaired) electrons. The van der Waals surface area contributed by atoms with Gasteiger partial charge in [0.15, 0.2) is 0 Å². The standard InChI is InChI=1S/C9H19N.Na/c1-8(2)6-5-7-9(3,4)10-8;/h10H,5-7H2,1-4H3;. The average molecular weight is 164 g/mol. The Balaban J connectivity index is 0.000001000. The number of piperidine rings is 1. The predicted molar refractivity (Wildman–Crippen MR) is 50.9 cm³/mol. The maximum atomic E-state index is 3.63. The van der Waals surface area contributed by atoms with Gasteiger partial charge in [-0.3, -0.25) is 0 Å². The third kappa shape index (κ3) is 3.93. The van der Waals surface area contributed by atoms with Crippen LogP contribution < -0.4 is 5.32 Å². The summed E-state index contributed by atoms with van der Waals surface area (Å²) in [5.74, 6) is 0. The molecule has 11 heavy (non-hydrogen) atoms. The summed E-state index contributed by atoms with van der Waals surface area (Å²) >= 11 is 0. The summed E-state index contributed by atoms with van der Waals surface area (Å²) in [7, 11) is 0. The molecule has 1 aliphatic rings. The van der Waals surface area contributed by atoms with Crippen LogP contribution in [0.3, 0.4) is 0 Å². The van der Waals surface area contributed by atoms with Gasteiger partial charge in [0.1, 0.15) is 0 Å². The Bertz CT molecular complexity index is 116. The van der Waals surface area contributed by atoms with Gasteiger partial charge >= 0.3 is 0 Å². The van der Waals surface area contributed by atoms with Crippen molar-refractivity contribution in [3.63, 3.8) is 0 Å². The molecule has 0 aromatic heterocycles.